The Labute approximate surface area is 126 Å². The Morgan fingerprint density at radius 1 is 1.20 bits per heavy atom. The first-order chi connectivity index (χ1) is 9.63. The Morgan fingerprint density at radius 3 is 2.65 bits per heavy atom. The first-order valence-electron chi connectivity index (χ1n) is 6.10. The Balaban J connectivity index is 2.11. The summed E-state index contributed by atoms with van der Waals surface area (Å²) >= 11 is 3.45. The maximum atomic E-state index is 9.05. The summed E-state index contributed by atoms with van der Waals surface area (Å²) in [5, 5.41) is 9.05. The Kier molecular flexibility index (Phi) is 4.65. The predicted octanol–water partition coefficient (Wildman–Crippen LogP) is 4.22. The van der Waals surface area contributed by atoms with Gasteiger partial charge in [0.05, 0.1) is 12.7 Å². The molecule has 0 fully saturated rings. The van der Waals surface area contributed by atoms with Crippen molar-refractivity contribution in [3.63, 3.8) is 0 Å². The molecule has 0 N–H and O–H groups in total. The molecule has 0 spiro atoms. The summed E-state index contributed by atoms with van der Waals surface area (Å²) in [7, 11) is 1.55. The van der Waals surface area contributed by atoms with Crippen LogP contribution in [-0.2, 0) is 6.61 Å². The lowest BCUT2D eigenvalue weighted by molar-refractivity contribution is 0.305. The van der Waals surface area contributed by atoms with Gasteiger partial charge in [0.1, 0.15) is 24.2 Å². The van der Waals surface area contributed by atoms with E-state index in [2.05, 4.69) is 22.0 Å². The fourth-order valence-corrected chi connectivity index (χ4v) is 2.05. The average Bonchev–Trinajstić information content (AvgIpc) is 2.48. The van der Waals surface area contributed by atoms with Crippen LogP contribution in [0.25, 0.3) is 0 Å². The molecule has 0 bridgehead atoms. The van der Waals surface area contributed by atoms with Gasteiger partial charge in [-0.25, -0.2) is 0 Å². The van der Waals surface area contributed by atoms with Gasteiger partial charge in [0, 0.05) is 4.47 Å². The van der Waals surface area contributed by atoms with Crippen LogP contribution in [0.5, 0.6) is 11.5 Å². The zero-order chi connectivity index (χ0) is 14.5. The van der Waals surface area contributed by atoms with Gasteiger partial charge in [-0.15, -0.1) is 0 Å². The smallest absolute Gasteiger partial charge is 0.136 e. The van der Waals surface area contributed by atoms with Crippen molar-refractivity contribution in [2.75, 3.05) is 7.11 Å². The molecule has 0 heterocycles. The lowest BCUT2D eigenvalue weighted by atomic mass is 10.1. The number of methoxy groups -OCH3 is 1. The zero-order valence-electron chi connectivity index (χ0n) is 11.3. The van der Waals surface area contributed by atoms with Crippen molar-refractivity contribution in [1.82, 2.24) is 0 Å². The van der Waals surface area contributed by atoms with E-state index in [1.54, 1.807) is 19.2 Å². The third-order valence-electron chi connectivity index (χ3n) is 2.92. The molecule has 0 aliphatic carbocycles. The van der Waals surface area contributed by atoms with Crippen molar-refractivity contribution in [3.05, 3.63) is 57.6 Å². The van der Waals surface area contributed by atoms with Crippen LogP contribution in [0.15, 0.2) is 40.9 Å². The van der Waals surface area contributed by atoms with E-state index >= 15 is 0 Å². The molecule has 0 saturated carbocycles. The zero-order valence-corrected chi connectivity index (χ0v) is 12.9. The van der Waals surface area contributed by atoms with E-state index in [9.17, 15) is 0 Å². The normalized spacial score (nSPS) is 9.90. The lowest BCUT2D eigenvalue weighted by Crippen LogP contribution is -1.97. The van der Waals surface area contributed by atoms with Gasteiger partial charge in [-0.1, -0.05) is 22.0 Å². The standard InChI is InChI=1S/C16H14BrNO2/c1-11-7-14(4-5-15(11)17)20-10-12-3-6-16(19-2)13(8-12)9-18/h3-8H,10H2,1-2H3. The van der Waals surface area contributed by atoms with E-state index in [0.717, 1.165) is 21.3 Å². The maximum absolute atomic E-state index is 9.05. The third kappa shape index (κ3) is 3.31. The molecule has 0 saturated heterocycles. The second-order valence-corrected chi connectivity index (χ2v) is 5.20. The molecule has 2 rings (SSSR count). The number of halogens is 1. The number of nitrogens with zero attached hydrogens (tertiary/aromatic N) is 1. The van der Waals surface area contributed by atoms with Gasteiger partial charge < -0.3 is 9.47 Å². The average molecular weight is 332 g/mol. The highest BCUT2D eigenvalue weighted by Crippen LogP contribution is 2.23. The van der Waals surface area contributed by atoms with Crippen LogP contribution in [0.1, 0.15) is 16.7 Å². The van der Waals surface area contributed by atoms with E-state index < -0.39 is 0 Å². The number of hydrogen-bond donors (Lipinski definition) is 0. The minimum atomic E-state index is 0.416. The molecule has 4 heteroatoms. The van der Waals surface area contributed by atoms with E-state index in [1.165, 1.54) is 0 Å². The fraction of sp³-hybridized carbons (Fsp3) is 0.188. The van der Waals surface area contributed by atoms with Crippen molar-refractivity contribution in [2.45, 2.75) is 13.5 Å². The molecule has 2 aromatic carbocycles. The predicted molar refractivity (Wildman–Crippen MR) is 80.9 cm³/mol. The molecule has 0 aliphatic heterocycles. The number of rotatable bonds is 4. The summed E-state index contributed by atoms with van der Waals surface area (Å²) in [6, 6.07) is 13.4. The molecular formula is C16H14BrNO2. The fourth-order valence-electron chi connectivity index (χ4n) is 1.81. The van der Waals surface area contributed by atoms with Crippen LogP contribution in [-0.4, -0.2) is 7.11 Å². The highest BCUT2D eigenvalue weighted by Gasteiger charge is 2.05. The lowest BCUT2D eigenvalue weighted by Gasteiger charge is -2.09. The van der Waals surface area contributed by atoms with Crippen molar-refractivity contribution in [2.24, 2.45) is 0 Å². The van der Waals surface area contributed by atoms with Crippen LogP contribution in [0.4, 0.5) is 0 Å². The number of aryl methyl sites for hydroxylation is 1. The second-order valence-electron chi connectivity index (χ2n) is 4.35. The van der Waals surface area contributed by atoms with Crippen molar-refractivity contribution in [1.29, 1.82) is 5.26 Å². The monoisotopic (exact) mass is 331 g/mol. The van der Waals surface area contributed by atoms with Crippen LogP contribution in [0.2, 0.25) is 0 Å². The van der Waals surface area contributed by atoms with Gasteiger partial charge in [0.25, 0.3) is 0 Å². The number of nitriles is 1. The molecule has 0 unspecified atom stereocenters. The molecule has 0 aliphatic rings. The molecule has 102 valence electrons. The van der Waals surface area contributed by atoms with Crippen molar-refractivity contribution >= 4 is 15.9 Å². The van der Waals surface area contributed by atoms with Crippen molar-refractivity contribution in [3.8, 4) is 17.6 Å². The molecule has 0 radical (unpaired) electrons. The molecule has 20 heavy (non-hydrogen) atoms. The molecule has 0 aromatic heterocycles. The Bertz CT molecular complexity index is 662. The van der Waals surface area contributed by atoms with Gasteiger partial charge in [-0.2, -0.15) is 5.26 Å². The van der Waals surface area contributed by atoms with E-state index in [-0.39, 0.29) is 0 Å². The highest BCUT2D eigenvalue weighted by atomic mass is 79.9. The summed E-state index contributed by atoms with van der Waals surface area (Å²) in [4.78, 5) is 0. The van der Waals surface area contributed by atoms with Gasteiger partial charge >= 0.3 is 0 Å². The first-order valence-corrected chi connectivity index (χ1v) is 6.89. The number of hydrogen-bond acceptors (Lipinski definition) is 3. The van der Waals surface area contributed by atoms with Crippen molar-refractivity contribution < 1.29 is 9.47 Å². The summed E-state index contributed by atoms with van der Waals surface area (Å²) in [6.07, 6.45) is 0. The number of benzene rings is 2. The second kappa shape index (κ2) is 6.44. The summed E-state index contributed by atoms with van der Waals surface area (Å²) in [6.45, 7) is 2.43. The SMILES string of the molecule is COc1ccc(COc2ccc(Br)c(C)c2)cc1C#N. The highest BCUT2D eigenvalue weighted by molar-refractivity contribution is 9.10. The van der Waals surface area contributed by atoms with Crippen LogP contribution >= 0.6 is 15.9 Å². The third-order valence-corrected chi connectivity index (χ3v) is 3.81. The summed E-state index contributed by atoms with van der Waals surface area (Å²) in [5.41, 5.74) is 2.57. The van der Waals surface area contributed by atoms with Gasteiger partial charge in [0.15, 0.2) is 0 Å². The molecular weight excluding hydrogens is 318 g/mol. The van der Waals surface area contributed by atoms with Gasteiger partial charge in [0.2, 0.25) is 0 Å². The molecule has 0 atom stereocenters. The molecule has 0 amide bonds. The molecule has 2 aromatic rings. The van der Waals surface area contributed by atoms with Crippen LogP contribution in [0.3, 0.4) is 0 Å². The maximum Gasteiger partial charge on any atom is 0.136 e. The minimum absolute atomic E-state index is 0.416. The van der Waals surface area contributed by atoms with Crippen LogP contribution < -0.4 is 9.47 Å². The van der Waals surface area contributed by atoms with Crippen LogP contribution in [0, 0.1) is 18.3 Å². The summed E-state index contributed by atoms with van der Waals surface area (Å²) < 4.78 is 11.9. The van der Waals surface area contributed by atoms with E-state index in [1.807, 2.05) is 31.2 Å². The van der Waals surface area contributed by atoms with E-state index in [4.69, 9.17) is 14.7 Å². The summed E-state index contributed by atoms with van der Waals surface area (Å²) in [5.74, 6) is 1.38. The first kappa shape index (κ1) is 14.4. The Hall–Kier alpha value is -1.99. The quantitative estimate of drug-likeness (QED) is 0.842. The largest absolute Gasteiger partial charge is 0.495 e. The Morgan fingerprint density at radius 2 is 2.00 bits per heavy atom. The topological polar surface area (TPSA) is 42.2 Å². The minimum Gasteiger partial charge on any atom is -0.495 e. The molecule has 3 nitrogen and oxygen atoms in total. The van der Waals surface area contributed by atoms with E-state index in [0.29, 0.717) is 17.9 Å². The number of ether oxygens (including phenoxy) is 2. The van der Waals surface area contributed by atoms with Gasteiger partial charge in [-0.05, 0) is 48.4 Å². The van der Waals surface area contributed by atoms with Gasteiger partial charge in [-0.3, -0.25) is 0 Å².